The molecule has 20 heavy (non-hydrogen) atoms. The van der Waals surface area contributed by atoms with Crippen LogP contribution in [0.25, 0.3) is 22.5 Å². The van der Waals surface area contributed by atoms with Gasteiger partial charge >= 0.3 is 0 Å². The summed E-state index contributed by atoms with van der Waals surface area (Å²) >= 11 is 0. The van der Waals surface area contributed by atoms with Crippen LogP contribution in [-0.4, -0.2) is 15.1 Å². The van der Waals surface area contributed by atoms with Gasteiger partial charge < -0.3 is 10.8 Å². The lowest BCUT2D eigenvalue weighted by molar-refractivity contribution is 0.479. The molecule has 0 unspecified atom stereocenters. The molecule has 98 valence electrons. The summed E-state index contributed by atoms with van der Waals surface area (Å²) in [5.41, 5.74) is 9.05. The molecule has 1 aromatic carbocycles. The molecule has 0 atom stereocenters. The highest BCUT2D eigenvalue weighted by Crippen LogP contribution is 2.38. The van der Waals surface area contributed by atoms with E-state index < -0.39 is 0 Å². The molecule has 0 aliphatic carbocycles. The number of anilines is 1. The summed E-state index contributed by atoms with van der Waals surface area (Å²) in [6, 6.07) is 14.5. The highest BCUT2D eigenvalue weighted by molar-refractivity contribution is 5.82. The molecule has 2 aromatic heterocycles. The second-order valence-corrected chi connectivity index (χ2v) is 4.39. The van der Waals surface area contributed by atoms with E-state index in [1.165, 1.54) is 0 Å². The van der Waals surface area contributed by atoms with Gasteiger partial charge in [0.2, 0.25) is 0 Å². The Balaban J connectivity index is 2.22. The van der Waals surface area contributed by atoms with Crippen LogP contribution in [0, 0.1) is 0 Å². The Kier molecular flexibility index (Phi) is 3.05. The Labute approximate surface area is 116 Å². The number of nitrogen functional groups attached to an aromatic ring is 1. The number of phenolic OH excluding ortho intramolecular Hbond substituents is 1. The van der Waals surface area contributed by atoms with Crippen molar-refractivity contribution in [2.75, 3.05) is 5.73 Å². The van der Waals surface area contributed by atoms with Gasteiger partial charge in [0.25, 0.3) is 0 Å². The van der Waals surface area contributed by atoms with E-state index in [9.17, 15) is 5.11 Å². The third-order valence-electron chi connectivity index (χ3n) is 3.01. The third kappa shape index (κ3) is 2.19. The molecule has 4 heteroatoms. The van der Waals surface area contributed by atoms with Gasteiger partial charge in [-0.1, -0.05) is 12.1 Å². The van der Waals surface area contributed by atoms with Crippen molar-refractivity contribution in [1.82, 2.24) is 9.97 Å². The van der Waals surface area contributed by atoms with Gasteiger partial charge in [-0.15, -0.1) is 0 Å². The predicted molar refractivity (Wildman–Crippen MR) is 79.0 cm³/mol. The molecule has 3 aromatic rings. The van der Waals surface area contributed by atoms with Gasteiger partial charge in [0.05, 0.1) is 11.4 Å². The van der Waals surface area contributed by atoms with Gasteiger partial charge in [-0.3, -0.25) is 9.97 Å². The summed E-state index contributed by atoms with van der Waals surface area (Å²) in [5.74, 6) is 0.136. The maximum absolute atomic E-state index is 10.5. The Morgan fingerprint density at radius 2 is 1.30 bits per heavy atom. The number of benzene rings is 1. The smallest absolute Gasteiger partial charge is 0.134 e. The Bertz CT molecular complexity index is 667. The van der Waals surface area contributed by atoms with Crippen LogP contribution in [0.1, 0.15) is 0 Å². The molecule has 0 bridgehead atoms. The number of nitrogens with two attached hydrogens (primary N) is 1. The van der Waals surface area contributed by atoms with Crippen LogP contribution in [0.2, 0.25) is 0 Å². The molecular formula is C16H13N3O. The van der Waals surface area contributed by atoms with Gasteiger partial charge in [0, 0.05) is 29.2 Å². The van der Waals surface area contributed by atoms with Gasteiger partial charge in [-0.2, -0.15) is 0 Å². The monoisotopic (exact) mass is 263 g/mol. The van der Waals surface area contributed by atoms with E-state index in [4.69, 9.17) is 5.73 Å². The highest BCUT2D eigenvalue weighted by Gasteiger charge is 2.13. The largest absolute Gasteiger partial charge is 0.507 e. The van der Waals surface area contributed by atoms with E-state index in [2.05, 4.69) is 9.97 Å². The number of phenols is 1. The molecule has 0 spiro atoms. The minimum Gasteiger partial charge on any atom is -0.507 e. The number of aromatic nitrogens is 2. The van der Waals surface area contributed by atoms with Crippen LogP contribution < -0.4 is 5.73 Å². The lowest BCUT2D eigenvalue weighted by atomic mass is 10.0. The Morgan fingerprint density at radius 1 is 0.800 bits per heavy atom. The molecule has 3 N–H and O–H groups in total. The van der Waals surface area contributed by atoms with E-state index in [0.717, 1.165) is 0 Å². The molecule has 0 saturated carbocycles. The Hall–Kier alpha value is -2.88. The Morgan fingerprint density at radius 3 is 1.70 bits per heavy atom. The van der Waals surface area contributed by atoms with Crippen molar-refractivity contribution >= 4 is 5.69 Å². The van der Waals surface area contributed by atoms with E-state index in [-0.39, 0.29) is 5.75 Å². The van der Waals surface area contributed by atoms with Crippen LogP contribution in [-0.2, 0) is 0 Å². The van der Waals surface area contributed by atoms with Crippen molar-refractivity contribution in [1.29, 1.82) is 0 Å². The number of aromatic hydroxyl groups is 1. The first-order valence-electron chi connectivity index (χ1n) is 6.21. The molecule has 2 heterocycles. The lowest BCUT2D eigenvalue weighted by Crippen LogP contribution is -1.92. The molecule has 3 rings (SSSR count). The van der Waals surface area contributed by atoms with E-state index in [0.29, 0.717) is 28.2 Å². The van der Waals surface area contributed by atoms with Crippen LogP contribution in [0.3, 0.4) is 0 Å². The van der Waals surface area contributed by atoms with Crippen molar-refractivity contribution in [3.8, 4) is 28.3 Å². The van der Waals surface area contributed by atoms with Crippen LogP contribution >= 0.6 is 0 Å². The zero-order valence-electron chi connectivity index (χ0n) is 10.7. The summed E-state index contributed by atoms with van der Waals surface area (Å²) in [7, 11) is 0. The van der Waals surface area contributed by atoms with Crippen LogP contribution in [0.5, 0.6) is 5.75 Å². The molecule has 0 saturated heterocycles. The molecule has 4 nitrogen and oxygen atoms in total. The van der Waals surface area contributed by atoms with E-state index >= 15 is 0 Å². The van der Waals surface area contributed by atoms with Crippen molar-refractivity contribution in [2.45, 2.75) is 0 Å². The van der Waals surface area contributed by atoms with E-state index in [1.807, 2.05) is 36.4 Å². The normalized spacial score (nSPS) is 10.4. The fourth-order valence-electron chi connectivity index (χ4n) is 2.09. The SMILES string of the molecule is Nc1cc(-c2ccccn2)c(O)c(-c2ccccn2)c1. The number of pyridine rings is 2. The number of hydrogen-bond donors (Lipinski definition) is 2. The average molecular weight is 263 g/mol. The lowest BCUT2D eigenvalue weighted by Gasteiger charge is -2.10. The van der Waals surface area contributed by atoms with Crippen molar-refractivity contribution < 1.29 is 5.11 Å². The first kappa shape index (κ1) is 12.2. The number of rotatable bonds is 2. The molecule has 0 aliphatic rings. The van der Waals surface area contributed by atoms with Gasteiger partial charge in [0.1, 0.15) is 5.75 Å². The summed E-state index contributed by atoms with van der Waals surface area (Å²) in [6.45, 7) is 0. The molecule has 0 fully saturated rings. The fraction of sp³-hybridized carbons (Fsp3) is 0. The molecule has 0 amide bonds. The van der Waals surface area contributed by atoms with Gasteiger partial charge in [-0.05, 0) is 36.4 Å². The number of hydrogen-bond acceptors (Lipinski definition) is 4. The van der Waals surface area contributed by atoms with Crippen molar-refractivity contribution in [3.63, 3.8) is 0 Å². The standard InChI is InChI=1S/C16H13N3O/c17-11-9-12(14-5-1-3-7-18-14)16(20)13(10-11)15-6-2-4-8-19-15/h1-10,20H,17H2. The van der Waals surface area contributed by atoms with Crippen molar-refractivity contribution in [3.05, 3.63) is 60.9 Å². The second-order valence-electron chi connectivity index (χ2n) is 4.39. The van der Waals surface area contributed by atoms with Gasteiger partial charge in [0.15, 0.2) is 0 Å². The van der Waals surface area contributed by atoms with E-state index in [1.54, 1.807) is 24.5 Å². The average Bonchev–Trinajstić information content (AvgIpc) is 2.51. The fourth-order valence-corrected chi connectivity index (χ4v) is 2.09. The summed E-state index contributed by atoms with van der Waals surface area (Å²) in [4.78, 5) is 8.50. The van der Waals surface area contributed by atoms with Crippen molar-refractivity contribution in [2.24, 2.45) is 0 Å². The summed E-state index contributed by atoms with van der Waals surface area (Å²) in [5, 5.41) is 10.5. The zero-order valence-corrected chi connectivity index (χ0v) is 10.7. The minimum atomic E-state index is 0.136. The second kappa shape index (κ2) is 5.01. The molecule has 0 radical (unpaired) electrons. The predicted octanol–water partition coefficient (Wildman–Crippen LogP) is 3.10. The summed E-state index contributed by atoms with van der Waals surface area (Å²) < 4.78 is 0. The molecule has 0 aliphatic heterocycles. The minimum absolute atomic E-state index is 0.136. The quantitative estimate of drug-likeness (QED) is 0.550. The first-order chi connectivity index (χ1) is 9.75. The van der Waals surface area contributed by atoms with Gasteiger partial charge in [-0.25, -0.2) is 0 Å². The third-order valence-corrected chi connectivity index (χ3v) is 3.01. The first-order valence-corrected chi connectivity index (χ1v) is 6.21. The zero-order chi connectivity index (χ0) is 13.9. The highest BCUT2D eigenvalue weighted by atomic mass is 16.3. The van der Waals surface area contributed by atoms with Crippen LogP contribution in [0.4, 0.5) is 5.69 Å². The van der Waals surface area contributed by atoms with Crippen LogP contribution in [0.15, 0.2) is 60.9 Å². The summed E-state index contributed by atoms with van der Waals surface area (Å²) in [6.07, 6.45) is 3.36. The number of nitrogens with zero attached hydrogens (tertiary/aromatic N) is 2. The topological polar surface area (TPSA) is 72.0 Å². The maximum Gasteiger partial charge on any atom is 0.134 e. The maximum atomic E-state index is 10.5. The molecular weight excluding hydrogens is 250 g/mol.